The van der Waals surface area contributed by atoms with Gasteiger partial charge in [-0.05, 0) is 32.0 Å². The Kier molecular flexibility index (Phi) is 4.84. The lowest BCUT2D eigenvalue weighted by atomic mass is 10.1. The third-order valence-electron chi connectivity index (χ3n) is 4.49. The Bertz CT molecular complexity index is 1150. The van der Waals surface area contributed by atoms with Gasteiger partial charge in [0.2, 0.25) is 0 Å². The van der Waals surface area contributed by atoms with Crippen LogP contribution in [0.25, 0.3) is 22.3 Å². The Hall–Kier alpha value is -3.18. The summed E-state index contributed by atoms with van der Waals surface area (Å²) in [6.45, 7) is 4.07. The third-order valence-corrected chi connectivity index (χ3v) is 4.82. The van der Waals surface area contributed by atoms with E-state index in [2.05, 4.69) is 10.4 Å². The molecule has 0 fully saturated rings. The molecule has 0 saturated heterocycles. The summed E-state index contributed by atoms with van der Waals surface area (Å²) in [5.41, 5.74) is 3.42. The molecule has 4 aromatic rings. The molecule has 1 N–H and O–H groups in total. The van der Waals surface area contributed by atoms with Gasteiger partial charge in [0.15, 0.2) is 5.65 Å². The van der Waals surface area contributed by atoms with Gasteiger partial charge in [-0.3, -0.25) is 4.79 Å². The number of fused-ring (bicyclic) bond motifs is 1. The van der Waals surface area contributed by atoms with Gasteiger partial charge in [0.1, 0.15) is 0 Å². The second-order valence-electron chi connectivity index (χ2n) is 6.78. The smallest absolute Gasteiger partial charge is 0.256 e. The highest BCUT2D eigenvalue weighted by molar-refractivity contribution is 6.34. The molecule has 0 aliphatic carbocycles. The molecule has 2 aromatic carbocycles. The lowest BCUT2D eigenvalue weighted by Gasteiger charge is -2.11. The van der Waals surface area contributed by atoms with Gasteiger partial charge < -0.3 is 5.32 Å². The van der Waals surface area contributed by atoms with E-state index in [0.717, 1.165) is 11.3 Å². The maximum atomic E-state index is 13.1. The average Bonchev–Trinajstić information content (AvgIpc) is 3.14. The van der Waals surface area contributed by atoms with Crippen molar-refractivity contribution >= 4 is 34.2 Å². The number of hydrogen-bond acceptors (Lipinski definition) is 3. The van der Waals surface area contributed by atoms with E-state index in [1.54, 1.807) is 24.4 Å². The molecule has 2 aromatic heterocycles. The van der Waals surface area contributed by atoms with Crippen LogP contribution in [0.5, 0.6) is 0 Å². The minimum atomic E-state index is -0.249. The van der Waals surface area contributed by atoms with Crippen LogP contribution in [0.4, 0.5) is 5.69 Å². The molecule has 28 heavy (non-hydrogen) atoms. The number of hydrogen-bond donors (Lipinski definition) is 1. The van der Waals surface area contributed by atoms with Gasteiger partial charge in [0.25, 0.3) is 5.91 Å². The van der Waals surface area contributed by atoms with Gasteiger partial charge in [-0.25, -0.2) is 9.67 Å². The van der Waals surface area contributed by atoms with Crippen molar-refractivity contribution in [2.45, 2.75) is 19.9 Å². The average molecular weight is 391 g/mol. The number of benzene rings is 2. The second-order valence-corrected chi connectivity index (χ2v) is 7.18. The zero-order chi connectivity index (χ0) is 19.7. The van der Waals surface area contributed by atoms with Gasteiger partial charge >= 0.3 is 0 Å². The van der Waals surface area contributed by atoms with E-state index < -0.39 is 0 Å². The number of carbonyl (C=O) groups is 1. The van der Waals surface area contributed by atoms with Crippen LogP contribution in [0.15, 0.2) is 66.9 Å². The van der Waals surface area contributed by atoms with Crippen LogP contribution in [0.1, 0.15) is 30.2 Å². The van der Waals surface area contributed by atoms with Crippen LogP contribution in [0.2, 0.25) is 5.02 Å². The molecule has 0 saturated carbocycles. The number of pyridine rings is 1. The lowest BCUT2D eigenvalue weighted by Crippen LogP contribution is -2.13. The molecular formula is C22H19ClN4O. The summed E-state index contributed by atoms with van der Waals surface area (Å²) in [6, 6.07) is 18.9. The summed E-state index contributed by atoms with van der Waals surface area (Å²) < 4.78 is 1.83. The molecule has 0 atom stereocenters. The lowest BCUT2D eigenvalue weighted by molar-refractivity contribution is 0.102. The van der Waals surface area contributed by atoms with E-state index in [-0.39, 0.29) is 11.9 Å². The summed E-state index contributed by atoms with van der Waals surface area (Å²) in [4.78, 5) is 17.9. The second kappa shape index (κ2) is 7.44. The van der Waals surface area contributed by atoms with Crippen LogP contribution >= 0.6 is 11.6 Å². The monoisotopic (exact) mass is 390 g/mol. The fraction of sp³-hybridized carbons (Fsp3) is 0.136. The molecule has 0 bridgehead atoms. The van der Waals surface area contributed by atoms with E-state index in [1.165, 1.54) is 0 Å². The van der Waals surface area contributed by atoms with E-state index in [4.69, 9.17) is 16.6 Å². The number of carbonyl (C=O) groups excluding carboxylic acids is 1. The Morgan fingerprint density at radius 2 is 1.79 bits per heavy atom. The predicted octanol–water partition coefficient (Wildman–Crippen LogP) is 5.58. The van der Waals surface area contributed by atoms with Crippen LogP contribution in [0.3, 0.4) is 0 Å². The van der Waals surface area contributed by atoms with Crippen molar-refractivity contribution in [2.24, 2.45) is 0 Å². The van der Waals surface area contributed by atoms with Crippen molar-refractivity contribution in [3.8, 4) is 11.3 Å². The first-order chi connectivity index (χ1) is 13.5. The van der Waals surface area contributed by atoms with Crippen LogP contribution in [0, 0.1) is 0 Å². The molecule has 2 heterocycles. The fourth-order valence-corrected chi connectivity index (χ4v) is 3.28. The van der Waals surface area contributed by atoms with Gasteiger partial charge in [0.05, 0.1) is 33.6 Å². The number of rotatable bonds is 4. The molecule has 0 unspecified atom stereocenters. The zero-order valence-electron chi connectivity index (χ0n) is 15.6. The standard InChI is InChI=1S/C22H19ClN4O/c1-14(2)27-21-17(13-24-27)16(12-20(25-21)15-8-4-3-5-9-15)22(28)26-19-11-7-6-10-18(19)23/h3-14H,1-2H3,(H,26,28). The number of halogens is 1. The molecule has 0 spiro atoms. The van der Waals surface area contributed by atoms with Crippen molar-refractivity contribution in [1.29, 1.82) is 0 Å². The SMILES string of the molecule is CC(C)n1ncc2c(C(=O)Nc3ccccc3Cl)cc(-c3ccccc3)nc21. The van der Waals surface area contributed by atoms with Crippen molar-refractivity contribution in [3.05, 3.63) is 77.4 Å². The van der Waals surface area contributed by atoms with Crippen molar-refractivity contribution in [1.82, 2.24) is 14.8 Å². The van der Waals surface area contributed by atoms with E-state index >= 15 is 0 Å². The first-order valence-electron chi connectivity index (χ1n) is 9.04. The summed E-state index contributed by atoms with van der Waals surface area (Å²) in [6.07, 6.45) is 1.69. The normalized spacial score (nSPS) is 11.1. The Balaban J connectivity index is 1.86. The molecule has 140 valence electrons. The van der Waals surface area contributed by atoms with Crippen LogP contribution in [-0.2, 0) is 0 Å². The third kappa shape index (κ3) is 3.37. The van der Waals surface area contributed by atoms with Crippen LogP contribution < -0.4 is 5.32 Å². The van der Waals surface area contributed by atoms with Crippen molar-refractivity contribution in [2.75, 3.05) is 5.32 Å². The van der Waals surface area contributed by atoms with Gasteiger partial charge in [-0.15, -0.1) is 0 Å². The maximum absolute atomic E-state index is 13.1. The molecule has 0 aliphatic rings. The van der Waals surface area contributed by atoms with E-state index in [1.807, 2.05) is 61.0 Å². The Morgan fingerprint density at radius 3 is 2.50 bits per heavy atom. The minimum absolute atomic E-state index is 0.121. The number of nitrogens with one attached hydrogen (secondary N) is 1. The van der Waals surface area contributed by atoms with Crippen molar-refractivity contribution in [3.63, 3.8) is 0 Å². The number of anilines is 1. The quantitative estimate of drug-likeness (QED) is 0.494. The number of para-hydroxylation sites is 1. The molecule has 0 radical (unpaired) electrons. The fourth-order valence-electron chi connectivity index (χ4n) is 3.09. The maximum Gasteiger partial charge on any atom is 0.256 e. The molecular weight excluding hydrogens is 372 g/mol. The summed E-state index contributed by atoms with van der Waals surface area (Å²) in [7, 11) is 0. The highest BCUT2D eigenvalue weighted by atomic mass is 35.5. The number of aromatic nitrogens is 3. The molecule has 5 nitrogen and oxygen atoms in total. The highest BCUT2D eigenvalue weighted by Gasteiger charge is 2.19. The van der Waals surface area contributed by atoms with Gasteiger partial charge in [-0.2, -0.15) is 5.10 Å². The minimum Gasteiger partial charge on any atom is -0.321 e. The number of nitrogens with zero attached hydrogens (tertiary/aromatic N) is 3. The molecule has 0 aliphatic heterocycles. The zero-order valence-corrected chi connectivity index (χ0v) is 16.3. The molecule has 4 rings (SSSR count). The van der Waals surface area contributed by atoms with E-state index in [9.17, 15) is 4.79 Å². The van der Waals surface area contributed by atoms with Crippen molar-refractivity contribution < 1.29 is 4.79 Å². The first-order valence-corrected chi connectivity index (χ1v) is 9.42. The Morgan fingerprint density at radius 1 is 1.07 bits per heavy atom. The topological polar surface area (TPSA) is 59.8 Å². The molecule has 6 heteroatoms. The highest BCUT2D eigenvalue weighted by Crippen LogP contribution is 2.28. The summed E-state index contributed by atoms with van der Waals surface area (Å²) in [5, 5.41) is 8.54. The number of amides is 1. The van der Waals surface area contributed by atoms with Gasteiger partial charge in [-0.1, -0.05) is 54.1 Å². The Labute approximate surface area is 168 Å². The van der Waals surface area contributed by atoms with Gasteiger partial charge in [0, 0.05) is 11.6 Å². The van der Waals surface area contributed by atoms with Crippen LogP contribution in [-0.4, -0.2) is 20.7 Å². The summed E-state index contributed by atoms with van der Waals surface area (Å²) in [5.74, 6) is -0.249. The predicted molar refractivity (Wildman–Crippen MR) is 113 cm³/mol. The molecule has 1 amide bonds. The first kappa shape index (κ1) is 18.2. The largest absolute Gasteiger partial charge is 0.321 e. The summed E-state index contributed by atoms with van der Waals surface area (Å²) >= 11 is 6.20. The van der Waals surface area contributed by atoms with E-state index in [0.29, 0.717) is 27.3 Å².